The third-order valence-electron chi connectivity index (χ3n) is 8.41. The smallest absolute Gasteiger partial charge is 0.306 e. The minimum atomic E-state index is -0.774. The summed E-state index contributed by atoms with van der Waals surface area (Å²) in [6, 6.07) is 0. The highest BCUT2D eigenvalue weighted by Crippen LogP contribution is 2.13. The van der Waals surface area contributed by atoms with Gasteiger partial charge in [0.05, 0.1) is 6.61 Å². The highest BCUT2D eigenvalue weighted by Gasteiger charge is 2.16. The molecule has 1 N–H and O–H groups in total. The number of hydrogen-bond acceptors (Lipinski definition) is 5. The van der Waals surface area contributed by atoms with Gasteiger partial charge in [-0.25, -0.2) is 0 Å². The van der Waals surface area contributed by atoms with Gasteiger partial charge in [0.15, 0.2) is 6.10 Å². The molecule has 0 amide bonds. The van der Waals surface area contributed by atoms with Crippen molar-refractivity contribution in [2.75, 3.05) is 13.2 Å². The van der Waals surface area contributed by atoms with Gasteiger partial charge in [-0.15, -0.1) is 0 Å². The molecule has 0 spiro atoms. The molecule has 46 heavy (non-hydrogen) atoms. The molecule has 0 aromatic carbocycles. The van der Waals surface area contributed by atoms with Crippen LogP contribution in [-0.2, 0) is 19.1 Å². The lowest BCUT2D eigenvalue weighted by Crippen LogP contribution is -2.28. The van der Waals surface area contributed by atoms with Crippen LogP contribution in [0.25, 0.3) is 0 Å². The number of rotatable bonds is 35. The Balaban J connectivity index is 3.57. The molecule has 0 bridgehead atoms. The summed E-state index contributed by atoms with van der Waals surface area (Å²) >= 11 is 0. The fourth-order valence-electron chi connectivity index (χ4n) is 5.40. The molecule has 0 aliphatic heterocycles. The van der Waals surface area contributed by atoms with Crippen LogP contribution in [0, 0.1) is 0 Å². The van der Waals surface area contributed by atoms with Gasteiger partial charge >= 0.3 is 11.9 Å². The highest BCUT2D eigenvalue weighted by atomic mass is 16.6. The summed E-state index contributed by atoms with van der Waals surface area (Å²) in [6.07, 6.45) is 44.8. The number of esters is 2. The summed E-state index contributed by atoms with van der Waals surface area (Å²) in [5, 5.41) is 9.54. The molecule has 268 valence electrons. The Labute approximate surface area is 285 Å². The molecule has 5 nitrogen and oxygen atoms in total. The normalized spacial score (nSPS) is 12.5. The van der Waals surface area contributed by atoms with Crippen molar-refractivity contribution in [3.05, 3.63) is 36.5 Å². The van der Waals surface area contributed by atoms with Crippen LogP contribution in [0.3, 0.4) is 0 Å². The summed E-state index contributed by atoms with van der Waals surface area (Å²) in [4.78, 5) is 24.2. The van der Waals surface area contributed by atoms with E-state index in [2.05, 4.69) is 50.3 Å². The van der Waals surface area contributed by atoms with E-state index in [-0.39, 0.29) is 25.2 Å². The summed E-state index contributed by atoms with van der Waals surface area (Å²) < 4.78 is 10.6. The maximum absolute atomic E-state index is 12.2. The third-order valence-corrected chi connectivity index (χ3v) is 8.41. The van der Waals surface area contributed by atoms with Crippen LogP contribution in [0.15, 0.2) is 36.5 Å². The average Bonchev–Trinajstić information content (AvgIpc) is 3.06. The number of aliphatic hydroxyl groups excluding tert-OH is 1. The number of unbranched alkanes of at least 4 members (excludes halogenated alkanes) is 21. The number of hydrogen-bond donors (Lipinski definition) is 1. The largest absolute Gasteiger partial charge is 0.462 e. The first-order valence-corrected chi connectivity index (χ1v) is 19.5. The van der Waals surface area contributed by atoms with Crippen LogP contribution >= 0.6 is 0 Å². The Morgan fingerprint density at radius 3 is 1.35 bits per heavy atom. The second-order valence-corrected chi connectivity index (χ2v) is 13.0. The molecule has 0 fully saturated rings. The van der Waals surface area contributed by atoms with E-state index < -0.39 is 6.10 Å². The van der Waals surface area contributed by atoms with Crippen molar-refractivity contribution in [1.29, 1.82) is 0 Å². The minimum absolute atomic E-state index is 0.0706. The van der Waals surface area contributed by atoms with E-state index in [0.717, 1.165) is 51.4 Å². The van der Waals surface area contributed by atoms with Crippen molar-refractivity contribution >= 4 is 11.9 Å². The lowest BCUT2D eigenvalue weighted by atomic mass is 10.1. The van der Waals surface area contributed by atoms with E-state index in [1.165, 1.54) is 116 Å². The summed E-state index contributed by atoms with van der Waals surface area (Å²) in [5.74, 6) is -0.603. The number of carbonyl (C=O) groups is 2. The van der Waals surface area contributed by atoms with Crippen molar-refractivity contribution in [1.82, 2.24) is 0 Å². The minimum Gasteiger partial charge on any atom is -0.462 e. The molecule has 5 heteroatoms. The molecule has 0 aliphatic rings. The summed E-state index contributed by atoms with van der Waals surface area (Å²) in [6.45, 7) is 4.09. The quantitative estimate of drug-likeness (QED) is 0.0421. The van der Waals surface area contributed by atoms with Crippen molar-refractivity contribution in [3.8, 4) is 0 Å². The third kappa shape index (κ3) is 35.0. The van der Waals surface area contributed by atoms with Crippen LogP contribution in [0.2, 0.25) is 0 Å². The van der Waals surface area contributed by atoms with E-state index in [4.69, 9.17) is 9.47 Å². The summed E-state index contributed by atoms with van der Waals surface area (Å²) in [5.41, 5.74) is 0. The van der Waals surface area contributed by atoms with Gasteiger partial charge < -0.3 is 14.6 Å². The van der Waals surface area contributed by atoms with Gasteiger partial charge in [-0.3, -0.25) is 9.59 Å². The second-order valence-electron chi connectivity index (χ2n) is 13.0. The number of aliphatic hydroxyl groups is 1. The first-order chi connectivity index (χ1) is 22.6. The molecular formula is C41H74O5. The van der Waals surface area contributed by atoms with Gasteiger partial charge in [-0.1, -0.05) is 147 Å². The molecule has 0 aromatic heterocycles. The first kappa shape index (κ1) is 44.1. The van der Waals surface area contributed by atoms with E-state index in [0.29, 0.717) is 12.8 Å². The van der Waals surface area contributed by atoms with Crippen LogP contribution < -0.4 is 0 Å². The lowest BCUT2D eigenvalue weighted by Gasteiger charge is -2.15. The van der Waals surface area contributed by atoms with Gasteiger partial charge in [-0.05, 0) is 70.6 Å². The molecule has 0 unspecified atom stereocenters. The van der Waals surface area contributed by atoms with Gasteiger partial charge in [0.1, 0.15) is 6.61 Å². The van der Waals surface area contributed by atoms with Crippen molar-refractivity contribution in [2.45, 2.75) is 200 Å². The lowest BCUT2D eigenvalue weighted by molar-refractivity contribution is -0.161. The monoisotopic (exact) mass is 647 g/mol. The fraction of sp³-hybridized carbons (Fsp3) is 0.805. The molecule has 0 radical (unpaired) electrons. The van der Waals surface area contributed by atoms with Crippen LogP contribution in [0.1, 0.15) is 194 Å². The van der Waals surface area contributed by atoms with Gasteiger partial charge in [0, 0.05) is 12.8 Å². The van der Waals surface area contributed by atoms with E-state index in [1.54, 1.807) is 0 Å². The standard InChI is InChI=1S/C41H74O5/c1-3-5-7-9-11-13-15-17-19-20-22-23-25-27-29-31-33-35-40(43)45-38-39(37-42)46-41(44)36-34-32-30-28-26-24-21-18-16-14-12-10-8-6-4-2/h11,13-14,16-17,19,39,42H,3-10,12,15,18,20-38H2,1-2H3/b13-11+,16-14+,19-17+/t39-/m0/s1. The van der Waals surface area contributed by atoms with Crippen LogP contribution in [0.5, 0.6) is 0 Å². The Morgan fingerprint density at radius 2 is 0.870 bits per heavy atom. The van der Waals surface area contributed by atoms with Crippen molar-refractivity contribution in [2.24, 2.45) is 0 Å². The van der Waals surface area contributed by atoms with Gasteiger partial charge in [0.25, 0.3) is 0 Å². The maximum Gasteiger partial charge on any atom is 0.306 e. The van der Waals surface area contributed by atoms with E-state index in [1.807, 2.05) is 0 Å². The molecule has 1 atom stereocenters. The highest BCUT2D eigenvalue weighted by molar-refractivity contribution is 5.70. The molecule has 0 aliphatic carbocycles. The SMILES string of the molecule is CCCCC/C=C/C/C=C/CCCCCCCCCC(=O)OC[C@H](CO)OC(=O)CCCCCCCCC/C=C/CCCCCC. The molecule has 0 aromatic rings. The maximum atomic E-state index is 12.2. The molecule has 0 saturated heterocycles. The number of ether oxygens (including phenoxy) is 2. The second kappa shape index (κ2) is 37.6. The predicted octanol–water partition coefficient (Wildman–Crippen LogP) is 12.1. The Kier molecular flexibility index (Phi) is 36.0. The topological polar surface area (TPSA) is 72.8 Å². The van der Waals surface area contributed by atoms with Gasteiger partial charge in [0.2, 0.25) is 0 Å². The number of allylic oxidation sites excluding steroid dienone is 6. The zero-order chi connectivity index (χ0) is 33.6. The first-order valence-electron chi connectivity index (χ1n) is 19.5. The summed E-state index contributed by atoms with van der Waals surface area (Å²) in [7, 11) is 0. The Hall–Kier alpha value is -1.88. The van der Waals surface area contributed by atoms with Crippen LogP contribution in [0.4, 0.5) is 0 Å². The molecule has 0 rings (SSSR count). The van der Waals surface area contributed by atoms with E-state index in [9.17, 15) is 14.7 Å². The fourth-order valence-corrected chi connectivity index (χ4v) is 5.40. The van der Waals surface area contributed by atoms with E-state index >= 15 is 0 Å². The number of carbonyl (C=O) groups excluding carboxylic acids is 2. The Morgan fingerprint density at radius 1 is 0.500 bits per heavy atom. The van der Waals surface area contributed by atoms with Crippen molar-refractivity contribution < 1.29 is 24.2 Å². The van der Waals surface area contributed by atoms with Crippen LogP contribution in [-0.4, -0.2) is 36.4 Å². The van der Waals surface area contributed by atoms with Crippen molar-refractivity contribution in [3.63, 3.8) is 0 Å². The zero-order valence-electron chi connectivity index (χ0n) is 30.3. The molecular weight excluding hydrogens is 572 g/mol. The average molecular weight is 647 g/mol. The molecule has 0 saturated carbocycles. The van der Waals surface area contributed by atoms with Gasteiger partial charge in [-0.2, -0.15) is 0 Å². The zero-order valence-corrected chi connectivity index (χ0v) is 30.3. The molecule has 0 heterocycles. The Bertz CT molecular complexity index is 741. The predicted molar refractivity (Wildman–Crippen MR) is 196 cm³/mol.